The number of esters is 2. The van der Waals surface area contributed by atoms with Crippen molar-refractivity contribution in [1.82, 2.24) is 4.31 Å². The quantitative estimate of drug-likeness (QED) is 0.486. The number of ether oxygens (including phenoxy) is 3. The van der Waals surface area contributed by atoms with Gasteiger partial charge in [-0.05, 0) is 37.5 Å². The smallest absolute Gasteiger partial charge is 0.341 e. The maximum absolute atomic E-state index is 14.2. The van der Waals surface area contributed by atoms with Gasteiger partial charge < -0.3 is 14.2 Å². The molecule has 0 amide bonds. The second-order valence-electron chi connectivity index (χ2n) is 8.32. The largest absolute Gasteiger partial charge is 0.467 e. The Balaban J connectivity index is 2.05. The van der Waals surface area contributed by atoms with E-state index in [0.717, 1.165) is 24.1 Å². The molecule has 2 aromatic carbocycles. The average Bonchev–Trinajstić information content (AvgIpc) is 3.16. The van der Waals surface area contributed by atoms with E-state index in [4.69, 9.17) is 14.2 Å². The predicted molar refractivity (Wildman–Crippen MR) is 119 cm³/mol. The molecular weight excluding hydrogens is 446 g/mol. The van der Waals surface area contributed by atoms with Crippen molar-refractivity contribution >= 4 is 22.0 Å². The molecule has 9 heteroatoms. The fraction of sp³-hybridized carbons (Fsp3) is 0.417. The van der Waals surface area contributed by atoms with Crippen molar-refractivity contribution in [3.63, 3.8) is 0 Å². The fourth-order valence-electron chi connectivity index (χ4n) is 5.08. The Bertz CT molecular complexity index is 1120. The van der Waals surface area contributed by atoms with Gasteiger partial charge in [0.2, 0.25) is 10.0 Å². The van der Waals surface area contributed by atoms with E-state index >= 15 is 0 Å². The first kappa shape index (κ1) is 23.4. The Hall–Kier alpha value is -2.75. The first-order valence-electron chi connectivity index (χ1n) is 10.7. The Morgan fingerprint density at radius 2 is 1.61 bits per heavy atom. The summed E-state index contributed by atoms with van der Waals surface area (Å²) in [6, 6.07) is 14.4. The molecule has 8 nitrogen and oxygen atoms in total. The molecule has 2 fully saturated rings. The van der Waals surface area contributed by atoms with Gasteiger partial charge in [-0.2, -0.15) is 4.31 Å². The van der Waals surface area contributed by atoms with Gasteiger partial charge in [0.1, 0.15) is 6.10 Å². The molecule has 33 heavy (non-hydrogen) atoms. The minimum absolute atomic E-state index is 0.0372. The van der Waals surface area contributed by atoms with Crippen molar-refractivity contribution in [2.75, 3.05) is 20.8 Å². The molecule has 0 N–H and O–H groups in total. The molecule has 0 radical (unpaired) electrons. The molecule has 0 bridgehead atoms. The van der Waals surface area contributed by atoms with Crippen LogP contribution in [0.5, 0.6) is 0 Å². The lowest BCUT2D eigenvalue weighted by atomic mass is 9.81. The molecule has 2 saturated heterocycles. The number of rotatable bonds is 5. The first-order chi connectivity index (χ1) is 15.8. The monoisotopic (exact) mass is 473 g/mol. The third-order valence-electron chi connectivity index (χ3n) is 6.50. The lowest BCUT2D eigenvalue weighted by Gasteiger charge is -2.37. The van der Waals surface area contributed by atoms with Gasteiger partial charge in [-0.3, -0.25) is 0 Å². The summed E-state index contributed by atoms with van der Waals surface area (Å²) in [5, 5.41) is 0. The van der Waals surface area contributed by atoms with E-state index in [1.807, 2.05) is 13.0 Å². The van der Waals surface area contributed by atoms with Crippen LogP contribution in [0.25, 0.3) is 0 Å². The summed E-state index contributed by atoms with van der Waals surface area (Å²) in [6.45, 7) is 2.13. The van der Waals surface area contributed by atoms with Crippen LogP contribution >= 0.6 is 0 Å². The molecule has 2 heterocycles. The highest BCUT2D eigenvalue weighted by atomic mass is 32.2. The van der Waals surface area contributed by atoms with Crippen LogP contribution in [0.15, 0.2) is 59.5 Å². The Labute approximate surface area is 193 Å². The summed E-state index contributed by atoms with van der Waals surface area (Å²) in [7, 11) is -2.13. The highest BCUT2D eigenvalue weighted by molar-refractivity contribution is 7.89. The summed E-state index contributed by atoms with van der Waals surface area (Å²) in [6.07, 6.45) is 0.179. The Morgan fingerprint density at radius 3 is 2.18 bits per heavy atom. The maximum atomic E-state index is 14.2. The number of carbonyl (C=O) groups excluding carboxylic acids is 2. The standard InChI is InChI=1S/C24H27NO7S/c1-16-11-13-18(14-12-16)33(28,29)25-20(17-8-5-4-6-9-17)19-10-7-15-32-21(19)24(25,22(26)30-2)23(27)31-3/h4-6,8-9,11-14,19-21H,7,10,15H2,1-3H3/t19-,20+,21+/m1/s1. The highest BCUT2D eigenvalue weighted by Gasteiger charge is 2.73. The molecule has 0 saturated carbocycles. The van der Waals surface area contributed by atoms with Crippen LogP contribution in [-0.2, 0) is 33.8 Å². The van der Waals surface area contributed by atoms with E-state index in [1.165, 1.54) is 12.1 Å². The van der Waals surface area contributed by atoms with Gasteiger partial charge in [0, 0.05) is 12.5 Å². The van der Waals surface area contributed by atoms with Crippen molar-refractivity contribution in [3.05, 3.63) is 65.7 Å². The van der Waals surface area contributed by atoms with E-state index in [2.05, 4.69) is 0 Å². The van der Waals surface area contributed by atoms with E-state index in [-0.39, 0.29) is 11.5 Å². The van der Waals surface area contributed by atoms with Gasteiger partial charge in [-0.15, -0.1) is 0 Å². The molecular formula is C24H27NO7S. The molecule has 0 aliphatic carbocycles. The summed E-state index contributed by atoms with van der Waals surface area (Å²) in [5.74, 6) is -2.51. The molecule has 4 rings (SSSR count). The van der Waals surface area contributed by atoms with Crippen molar-refractivity contribution in [2.45, 2.75) is 42.3 Å². The van der Waals surface area contributed by atoms with Crippen LogP contribution in [0.2, 0.25) is 0 Å². The lowest BCUT2D eigenvalue weighted by molar-refractivity contribution is -0.177. The SMILES string of the molecule is COC(=O)C1(C(=O)OC)[C@H]2OCCC[C@@H]2[C@H](c2ccccc2)N1S(=O)(=O)c1ccc(C)cc1. The topological polar surface area (TPSA) is 99.2 Å². The molecule has 0 aromatic heterocycles. The third kappa shape index (κ3) is 3.55. The molecule has 0 spiro atoms. The molecule has 3 atom stereocenters. The van der Waals surface area contributed by atoms with Crippen LogP contribution in [0.1, 0.15) is 30.0 Å². The normalized spacial score (nSPS) is 24.6. The summed E-state index contributed by atoms with van der Waals surface area (Å²) < 4.78 is 45.4. The Kier molecular flexibility index (Phi) is 6.30. The first-order valence-corrected chi connectivity index (χ1v) is 12.2. The fourth-order valence-corrected chi connectivity index (χ4v) is 7.00. The number of nitrogens with zero attached hydrogens (tertiary/aromatic N) is 1. The number of carbonyl (C=O) groups is 2. The lowest BCUT2D eigenvalue weighted by Crippen LogP contribution is -2.65. The van der Waals surface area contributed by atoms with Crippen LogP contribution in [0.3, 0.4) is 0 Å². The zero-order valence-electron chi connectivity index (χ0n) is 18.8. The number of hydrogen-bond donors (Lipinski definition) is 0. The van der Waals surface area contributed by atoms with Gasteiger partial charge in [0.05, 0.1) is 25.2 Å². The third-order valence-corrected chi connectivity index (χ3v) is 8.40. The maximum Gasteiger partial charge on any atom is 0.341 e. The van der Waals surface area contributed by atoms with Gasteiger partial charge in [0.25, 0.3) is 5.54 Å². The summed E-state index contributed by atoms with van der Waals surface area (Å²) in [5.41, 5.74) is -0.790. The molecule has 2 aliphatic heterocycles. The van der Waals surface area contributed by atoms with Gasteiger partial charge in [0.15, 0.2) is 0 Å². The zero-order valence-corrected chi connectivity index (χ0v) is 19.6. The number of methoxy groups -OCH3 is 2. The van der Waals surface area contributed by atoms with E-state index < -0.39 is 45.6 Å². The highest BCUT2D eigenvalue weighted by Crippen LogP contribution is 2.55. The molecule has 2 aromatic rings. The van der Waals surface area contributed by atoms with Crippen LogP contribution in [0.4, 0.5) is 0 Å². The molecule has 176 valence electrons. The number of hydrogen-bond acceptors (Lipinski definition) is 7. The number of benzene rings is 2. The number of fused-ring (bicyclic) bond motifs is 1. The van der Waals surface area contributed by atoms with Crippen molar-refractivity contribution in [1.29, 1.82) is 0 Å². The predicted octanol–water partition coefficient (Wildman–Crippen LogP) is 2.62. The molecule has 2 aliphatic rings. The molecule has 0 unspecified atom stereocenters. The average molecular weight is 474 g/mol. The van der Waals surface area contributed by atoms with Crippen molar-refractivity contribution in [2.24, 2.45) is 5.92 Å². The van der Waals surface area contributed by atoms with Gasteiger partial charge >= 0.3 is 11.9 Å². The van der Waals surface area contributed by atoms with E-state index in [9.17, 15) is 18.0 Å². The number of aryl methyl sites for hydroxylation is 1. The van der Waals surface area contributed by atoms with Crippen molar-refractivity contribution in [3.8, 4) is 0 Å². The Morgan fingerprint density at radius 1 is 1.00 bits per heavy atom. The second-order valence-corrected chi connectivity index (χ2v) is 10.1. The van der Waals surface area contributed by atoms with E-state index in [0.29, 0.717) is 18.4 Å². The van der Waals surface area contributed by atoms with Crippen LogP contribution < -0.4 is 0 Å². The summed E-state index contributed by atoms with van der Waals surface area (Å²) >= 11 is 0. The van der Waals surface area contributed by atoms with Crippen molar-refractivity contribution < 1.29 is 32.2 Å². The van der Waals surface area contributed by atoms with Gasteiger partial charge in [-0.25, -0.2) is 18.0 Å². The summed E-state index contributed by atoms with van der Waals surface area (Å²) in [4.78, 5) is 26.8. The van der Waals surface area contributed by atoms with Crippen LogP contribution in [-0.4, -0.2) is 57.1 Å². The van der Waals surface area contributed by atoms with E-state index in [1.54, 1.807) is 36.4 Å². The second kappa shape index (κ2) is 8.89. The van der Waals surface area contributed by atoms with Gasteiger partial charge in [-0.1, -0.05) is 48.0 Å². The number of sulfonamides is 1. The van der Waals surface area contributed by atoms with Crippen LogP contribution in [0, 0.1) is 12.8 Å². The minimum atomic E-state index is -4.38. The minimum Gasteiger partial charge on any atom is -0.467 e. The zero-order chi connectivity index (χ0) is 23.8.